The molecule has 2 aromatic carbocycles. The number of hydrogen-bond acceptors (Lipinski definition) is 5. The molecule has 0 atom stereocenters. The molecule has 1 aromatic heterocycles. The molecule has 158 valence electrons. The molecule has 1 heterocycles. The number of carboxylic acids is 1. The van der Waals surface area contributed by atoms with Crippen molar-refractivity contribution >= 4 is 33.3 Å². The summed E-state index contributed by atoms with van der Waals surface area (Å²) in [5.41, 5.74) is 1.20. The Morgan fingerprint density at radius 2 is 1.87 bits per heavy atom. The van der Waals surface area contributed by atoms with Crippen molar-refractivity contribution in [2.75, 3.05) is 4.31 Å². The Kier molecular flexibility index (Phi) is 6.38. The van der Waals surface area contributed by atoms with Crippen molar-refractivity contribution in [1.82, 2.24) is 0 Å². The normalized spacial score (nSPS) is 11.5. The minimum absolute atomic E-state index is 0.0972. The molecule has 9 heteroatoms. The molecule has 0 saturated carbocycles. The second-order valence-corrected chi connectivity index (χ2v) is 8.91. The smallest absolute Gasteiger partial charge is 0.335 e. The first-order chi connectivity index (χ1) is 14.2. The lowest BCUT2D eigenvalue weighted by atomic mass is 10.1. The molecule has 7 nitrogen and oxygen atoms in total. The Balaban J connectivity index is 1.94. The summed E-state index contributed by atoms with van der Waals surface area (Å²) in [6.07, 6.45) is 1.30. The van der Waals surface area contributed by atoms with Gasteiger partial charge in [0, 0.05) is 17.1 Å². The fourth-order valence-electron chi connectivity index (χ4n) is 2.88. The summed E-state index contributed by atoms with van der Waals surface area (Å²) >= 11 is 6.12. The zero-order chi connectivity index (χ0) is 21.9. The lowest BCUT2D eigenvalue weighted by Crippen LogP contribution is -2.37. The number of rotatable bonds is 8. The summed E-state index contributed by atoms with van der Waals surface area (Å²) in [5.74, 6) is -0.746. The van der Waals surface area contributed by atoms with Gasteiger partial charge in [0.2, 0.25) is 5.09 Å². The van der Waals surface area contributed by atoms with Crippen LogP contribution in [0.25, 0.3) is 0 Å². The van der Waals surface area contributed by atoms with E-state index in [2.05, 4.69) is 0 Å². The van der Waals surface area contributed by atoms with Crippen molar-refractivity contribution in [2.45, 2.75) is 31.6 Å². The molecule has 0 aliphatic carbocycles. The molecule has 0 saturated heterocycles. The highest BCUT2D eigenvalue weighted by Crippen LogP contribution is 2.36. The number of carbonyl (C=O) groups is 1. The zero-order valence-corrected chi connectivity index (χ0v) is 17.9. The maximum atomic E-state index is 13.1. The lowest BCUT2D eigenvalue weighted by Gasteiger charge is -2.28. The second-order valence-electron chi connectivity index (χ2n) is 6.73. The Labute approximate surface area is 179 Å². The fraction of sp³-hybridized carbons (Fsp3) is 0.190. The topological polar surface area (TPSA) is 97.0 Å². The predicted molar refractivity (Wildman–Crippen MR) is 113 cm³/mol. The van der Waals surface area contributed by atoms with Crippen molar-refractivity contribution in [2.24, 2.45) is 0 Å². The molecule has 0 spiro atoms. The van der Waals surface area contributed by atoms with E-state index in [-0.39, 0.29) is 23.0 Å². The van der Waals surface area contributed by atoms with Gasteiger partial charge in [-0.25, -0.2) is 4.79 Å². The second kappa shape index (κ2) is 8.81. The van der Waals surface area contributed by atoms with Gasteiger partial charge in [-0.1, -0.05) is 23.7 Å². The Bertz CT molecular complexity index is 1120. The van der Waals surface area contributed by atoms with E-state index in [9.17, 15) is 13.2 Å². The number of hydrogen-bond donors (Lipinski definition) is 1. The van der Waals surface area contributed by atoms with Crippen LogP contribution in [0.3, 0.4) is 0 Å². The van der Waals surface area contributed by atoms with Crippen LogP contribution in [-0.2, 0) is 16.6 Å². The molecule has 0 bridgehead atoms. The number of sulfonamides is 1. The SMILES string of the molecule is CC(C)N(c1ccc(Cl)cc1OCc1ccc(C(=O)O)cc1)S(=O)(=O)c1ccco1. The number of nitrogens with zero attached hydrogens (tertiary/aromatic N) is 1. The summed E-state index contributed by atoms with van der Waals surface area (Å²) in [4.78, 5) is 11.0. The summed E-state index contributed by atoms with van der Waals surface area (Å²) in [6.45, 7) is 3.58. The quantitative estimate of drug-likeness (QED) is 0.529. The average Bonchev–Trinajstić information content (AvgIpc) is 3.23. The first kappa shape index (κ1) is 21.7. The molecule has 1 N–H and O–H groups in total. The summed E-state index contributed by atoms with van der Waals surface area (Å²) in [6, 6.07) is 13.4. The fourth-order valence-corrected chi connectivity index (χ4v) is 4.63. The van der Waals surface area contributed by atoms with Crippen LogP contribution in [0.15, 0.2) is 70.4 Å². The van der Waals surface area contributed by atoms with Gasteiger partial charge in [0.15, 0.2) is 0 Å². The van der Waals surface area contributed by atoms with Crippen LogP contribution in [0.4, 0.5) is 5.69 Å². The Morgan fingerprint density at radius 3 is 2.43 bits per heavy atom. The van der Waals surface area contributed by atoms with Gasteiger partial charge in [0.05, 0.1) is 17.5 Å². The van der Waals surface area contributed by atoms with Gasteiger partial charge in [-0.15, -0.1) is 0 Å². The molecular formula is C21H20ClNO6S. The molecule has 0 aliphatic rings. The Hall–Kier alpha value is -2.97. The van der Waals surface area contributed by atoms with E-state index in [0.717, 1.165) is 5.56 Å². The third kappa shape index (κ3) is 4.60. The van der Waals surface area contributed by atoms with Crippen molar-refractivity contribution in [1.29, 1.82) is 0 Å². The van der Waals surface area contributed by atoms with Gasteiger partial charge in [-0.05, 0) is 55.8 Å². The van der Waals surface area contributed by atoms with Crippen molar-refractivity contribution in [3.05, 3.63) is 77.0 Å². The largest absolute Gasteiger partial charge is 0.487 e. The number of aromatic carboxylic acids is 1. The van der Waals surface area contributed by atoms with E-state index in [1.165, 1.54) is 40.9 Å². The van der Waals surface area contributed by atoms with Gasteiger partial charge in [0.25, 0.3) is 10.0 Å². The molecular weight excluding hydrogens is 430 g/mol. The van der Waals surface area contributed by atoms with E-state index in [1.807, 2.05) is 0 Å². The molecule has 0 radical (unpaired) electrons. The van der Waals surface area contributed by atoms with E-state index in [4.69, 9.17) is 25.9 Å². The van der Waals surface area contributed by atoms with Crippen LogP contribution in [0.1, 0.15) is 29.8 Å². The first-order valence-corrected chi connectivity index (χ1v) is 10.8. The van der Waals surface area contributed by atoms with Gasteiger partial charge >= 0.3 is 5.97 Å². The van der Waals surface area contributed by atoms with Crippen LogP contribution in [-0.4, -0.2) is 25.5 Å². The Morgan fingerprint density at radius 1 is 1.17 bits per heavy atom. The maximum absolute atomic E-state index is 13.1. The lowest BCUT2D eigenvalue weighted by molar-refractivity contribution is 0.0697. The molecule has 0 aliphatic heterocycles. The van der Waals surface area contributed by atoms with Gasteiger partial charge in [0.1, 0.15) is 12.4 Å². The van der Waals surface area contributed by atoms with E-state index in [0.29, 0.717) is 10.7 Å². The average molecular weight is 450 g/mol. The number of ether oxygens (including phenoxy) is 1. The van der Waals surface area contributed by atoms with Crippen molar-refractivity contribution in [3.63, 3.8) is 0 Å². The highest BCUT2D eigenvalue weighted by Gasteiger charge is 2.32. The van der Waals surface area contributed by atoms with E-state index >= 15 is 0 Å². The van der Waals surface area contributed by atoms with Crippen LogP contribution in [0.2, 0.25) is 5.02 Å². The van der Waals surface area contributed by atoms with Crippen molar-refractivity contribution in [3.8, 4) is 5.75 Å². The maximum Gasteiger partial charge on any atom is 0.335 e. The standard InChI is InChI=1S/C21H20ClNO6S/c1-14(2)23(30(26,27)20-4-3-11-28-20)18-10-9-17(22)12-19(18)29-13-15-5-7-16(8-6-15)21(24)25/h3-12,14H,13H2,1-2H3,(H,24,25). The van der Waals surface area contributed by atoms with Crippen LogP contribution in [0.5, 0.6) is 5.75 Å². The number of carboxylic acid groups (broad SMARTS) is 1. The predicted octanol–water partition coefficient (Wildman–Crippen LogP) is 4.81. The first-order valence-electron chi connectivity index (χ1n) is 9.02. The molecule has 0 amide bonds. The molecule has 3 aromatic rings. The third-order valence-corrected chi connectivity index (χ3v) is 6.34. The number of benzene rings is 2. The number of anilines is 1. The van der Waals surface area contributed by atoms with Crippen LogP contribution in [0, 0.1) is 0 Å². The molecule has 3 rings (SSSR count). The van der Waals surface area contributed by atoms with E-state index in [1.54, 1.807) is 38.1 Å². The minimum Gasteiger partial charge on any atom is -0.487 e. The third-order valence-electron chi connectivity index (χ3n) is 4.23. The number of halogens is 1. The van der Waals surface area contributed by atoms with Gasteiger partial charge < -0.3 is 14.3 Å². The van der Waals surface area contributed by atoms with E-state index < -0.39 is 22.0 Å². The number of furan rings is 1. The highest BCUT2D eigenvalue weighted by atomic mass is 35.5. The zero-order valence-electron chi connectivity index (χ0n) is 16.3. The minimum atomic E-state index is -3.97. The monoisotopic (exact) mass is 449 g/mol. The van der Waals surface area contributed by atoms with Crippen LogP contribution >= 0.6 is 11.6 Å². The summed E-state index contributed by atoms with van der Waals surface area (Å²) < 4.78 is 38.5. The van der Waals surface area contributed by atoms with Crippen LogP contribution < -0.4 is 9.04 Å². The highest BCUT2D eigenvalue weighted by molar-refractivity contribution is 7.92. The summed E-state index contributed by atoms with van der Waals surface area (Å²) in [7, 11) is -3.97. The van der Waals surface area contributed by atoms with Gasteiger partial charge in [-0.3, -0.25) is 4.31 Å². The molecule has 0 fully saturated rings. The molecule has 0 unspecified atom stereocenters. The molecule has 30 heavy (non-hydrogen) atoms. The van der Waals surface area contributed by atoms with Crippen molar-refractivity contribution < 1.29 is 27.5 Å². The summed E-state index contributed by atoms with van der Waals surface area (Å²) in [5, 5.41) is 9.21. The van der Waals surface area contributed by atoms with Gasteiger partial charge in [-0.2, -0.15) is 8.42 Å².